The second-order valence-corrected chi connectivity index (χ2v) is 5.12. The number of unbranched alkanes of at least 4 members (excludes halogenated alkanes) is 1. The Morgan fingerprint density at radius 1 is 1.21 bits per heavy atom. The van der Waals surface area contributed by atoms with E-state index in [2.05, 4.69) is 44.3 Å². The zero-order valence-corrected chi connectivity index (χ0v) is 12.5. The van der Waals surface area contributed by atoms with Crippen molar-refractivity contribution in [2.75, 3.05) is 12.4 Å². The quantitative estimate of drug-likeness (QED) is 0.852. The number of hydrogen-bond acceptors (Lipinski definition) is 2. The maximum Gasteiger partial charge on any atom is 0.0726 e. The predicted molar refractivity (Wildman–Crippen MR) is 84.0 cm³/mol. The number of nitrogens with one attached hydrogen (secondary N) is 1. The molecule has 0 radical (unpaired) electrons. The van der Waals surface area contributed by atoms with Crippen LogP contribution >= 0.6 is 0 Å². The van der Waals surface area contributed by atoms with Crippen LogP contribution in [0.1, 0.15) is 43.5 Å². The van der Waals surface area contributed by atoms with Crippen LogP contribution in [0.3, 0.4) is 0 Å². The molecule has 19 heavy (non-hydrogen) atoms. The van der Waals surface area contributed by atoms with Gasteiger partial charge in [0.05, 0.1) is 5.52 Å². The molecule has 1 aromatic heterocycles. The highest BCUT2D eigenvalue weighted by Crippen LogP contribution is 2.29. The van der Waals surface area contributed by atoms with Crippen LogP contribution in [-0.4, -0.2) is 12.0 Å². The zero-order valence-electron chi connectivity index (χ0n) is 12.5. The van der Waals surface area contributed by atoms with E-state index in [9.17, 15) is 0 Å². The van der Waals surface area contributed by atoms with Crippen molar-refractivity contribution in [2.24, 2.45) is 0 Å². The Kier molecular flexibility index (Phi) is 4.41. The maximum absolute atomic E-state index is 4.78. The summed E-state index contributed by atoms with van der Waals surface area (Å²) >= 11 is 0. The van der Waals surface area contributed by atoms with Crippen molar-refractivity contribution >= 4 is 16.6 Å². The molecule has 0 saturated carbocycles. The number of aromatic nitrogens is 1. The lowest BCUT2D eigenvalue weighted by Gasteiger charge is -2.14. The molecule has 0 spiro atoms. The van der Waals surface area contributed by atoms with Crippen LogP contribution in [0.5, 0.6) is 0 Å². The van der Waals surface area contributed by atoms with Crippen molar-refractivity contribution in [1.29, 1.82) is 0 Å². The molecule has 2 aromatic rings. The minimum atomic E-state index is 0.980. The van der Waals surface area contributed by atoms with E-state index in [0.29, 0.717) is 0 Å². The largest absolute Gasteiger partial charge is 0.387 e. The molecule has 1 heterocycles. The van der Waals surface area contributed by atoms with Gasteiger partial charge in [-0.05, 0) is 49.4 Å². The Morgan fingerprint density at radius 3 is 2.63 bits per heavy atom. The van der Waals surface area contributed by atoms with E-state index in [1.54, 1.807) is 0 Å². The van der Waals surface area contributed by atoms with E-state index >= 15 is 0 Å². The Morgan fingerprint density at radius 2 is 2.00 bits per heavy atom. The second-order valence-electron chi connectivity index (χ2n) is 5.12. The van der Waals surface area contributed by atoms with E-state index in [0.717, 1.165) is 18.4 Å². The summed E-state index contributed by atoms with van der Waals surface area (Å²) in [7, 11) is 2.00. The molecule has 0 atom stereocenters. The summed E-state index contributed by atoms with van der Waals surface area (Å²) in [4.78, 5) is 4.78. The molecule has 0 fully saturated rings. The Hall–Kier alpha value is -1.57. The van der Waals surface area contributed by atoms with Gasteiger partial charge in [0.25, 0.3) is 0 Å². The average molecular weight is 256 g/mol. The third-order valence-corrected chi connectivity index (χ3v) is 3.80. The topological polar surface area (TPSA) is 24.9 Å². The molecule has 0 unspecified atom stereocenters. The fraction of sp³-hybridized carbons (Fsp3) is 0.471. The summed E-state index contributed by atoms with van der Waals surface area (Å²) in [5.41, 5.74) is 6.23. The first-order chi connectivity index (χ1) is 9.21. The lowest BCUT2D eigenvalue weighted by atomic mass is 10.0. The number of rotatable bonds is 5. The highest BCUT2D eigenvalue weighted by molar-refractivity contribution is 5.93. The van der Waals surface area contributed by atoms with Gasteiger partial charge in [0.2, 0.25) is 0 Å². The number of nitrogens with zero attached hydrogens (tertiary/aromatic N) is 1. The molecule has 0 aliphatic heterocycles. The summed E-state index contributed by atoms with van der Waals surface area (Å²) in [6, 6.07) is 6.69. The predicted octanol–water partition coefficient (Wildman–Crippen LogP) is 4.49. The number of aryl methyl sites for hydroxylation is 2. The van der Waals surface area contributed by atoms with E-state index in [-0.39, 0.29) is 0 Å². The SMILES string of the molecule is CCCCc1ccc2nc(CC)c(C)c(NC)c2c1. The molecule has 1 aromatic carbocycles. The van der Waals surface area contributed by atoms with Crippen molar-refractivity contribution in [1.82, 2.24) is 4.98 Å². The Bertz CT molecular complexity index is 573. The highest BCUT2D eigenvalue weighted by atomic mass is 14.8. The maximum atomic E-state index is 4.78. The number of fused-ring (bicyclic) bond motifs is 1. The van der Waals surface area contributed by atoms with Crippen molar-refractivity contribution in [3.05, 3.63) is 35.0 Å². The number of pyridine rings is 1. The van der Waals surface area contributed by atoms with Gasteiger partial charge in [-0.25, -0.2) is 0 Å². The summed E-state index contributed by atoms with van der Waals surface area (Å²) in [6.07, 6.45) is 4.63. The lowest BCUT2D eigenvalue weighted by Crippen LogP contribution is -2.01. The first kappa shape index (κ1) is 13.9. The van der Waals surface area contributed by atoms with Crippen LogP contribution in [-0.2, 0) is 12.8 Å². The number of hydrogen-bond donors (Lipinski definition) is 1. The lowest BCUT2D eigenvalue weighted by molar-refractivity contribution is 0.796. The van der Waals surface area contributed by atoms with Gasteiger partial charge in [-0.2, -0.15) is 0 Å². The Labute approximate surface area is 116 Å². The molecule has 1 N–H and O–H groups in total. The van der Waals surface area contributed by atoms with E-state index in [1.165, 1.54) is 40.7 Å². The standard InChI is InChI=1S/C17H24N2/c1-5-7-8-13-9-10-16-14(11-13)17(18-4)12(3)15(6-2)19-16/h9-11H,5-8H2,1-4H3,(H,18,19). The fourth-order valence-electron chi connectivity index (χ4n) is 2.66. The molecule has 0 amide bonds. The summed E-state index contributed by atoms with van der Waals surface area (Å²) in [6.45, 7) is 6.56. The molecule has 0 aliphatic carbocycles. The normalized spacial score (nSPS) is 10.9. The third kappa shape index (κ3) is 2.73. The molecule has 2 nitrogen and oxygen atoms in total. The van der Waals surface area contributed by atoms with Crippen LogP contribution in [0.4, 0.5) is 5.69 Å². The highest BCUT2D eigenvalue weighted by Gasteiger charge is 2.10. The van der Waals surface area contributed by atoms with Gasteiger partial charge >= 0.3 is 0 Å². The average Bonchev–Trinajstić information content (AvgIpc) is 2.44. The van der Waals surface area contributed by atoms with Gasteiger partial charge in [-0.3, -0.25) is 4.98 Å². The van der Waals surface area contributed by atoms with Gasteiger partial charge in [-0.1, -0.05) is 26.3 Å². The summed E-state index contributed by atoms with van der Waals surface area (Å²) in [5.74, 6) is 0. The van der Waals surface area contributed by atoms with Gasteiger partial charge in [0.1, 0.15) is 0 Å². The van der Waals surface area contributed by atoms with Crippen molar-refractivity contribution in [2.45, 2.75) is 46.5 Å². The van der Waals surface area contributed by atoms with Gasteiger partial charge in [0, 0.05) is 23.8 Å². The van der Waals surface area contributed by atoms with Crippen LogP contribution in [0.15, 0.2) is 18.2 Å². The second kappa shape index (κ2) is 6.05. The van der Waals surface area contributed by atoms with Gasteiger partial charge in [0.15, 0.2) is 0 Å². The third-order valence-electron chi connectivity index (χ3n) is 3.80. The first-order valence-corrected chi connectivity index (χ1v) is 7.31. The van der Waals surface area contributed by atoms with Gasteiger partial charge < -0.3 is 5.32 Å². The number of benzene rings is 1. The van der Waals surface area contributed by atoms with Crippen molar-refractivity contribution in [3.63, 3.8) is 0 Å². The van der Waals surface area contributed by atoms with E-state index < -0.39 is 0 Å². The van der Waals surface area contributed by atoms with E-state index in [4.69, 9.17) is 4.98 Å². The minimum Gasteiger partial charge on any atom is -0.387 e. The van der Waals surface area contributed by atoms with Crippen molar-refractivity contribution in [3.8, 4) is 0 Å². The monoisotopic (exact) mass is 256 g/mol. The zero-order chi connectivity index (χ0) is 13.8. The van der Waals surface area contributed by atoms with Crippen LogP contribution in [0.2, 0.25) is 0 Å². The molecule has 2 heteroatoms. The first-order valence-electron chi connectivity index (χ1n) is 7.31. The van der Waals surface area contributed by atoms with Crippen LogP contribution in [0, 0.1) is 6.92 Å². The van der Waals surface area contributed by atoms with Gasteiger partial charge in [-0.15, -0.1) is 0 Å². The summed E-state index contributed by atoms with van der Waals surface area (Å²) in [5, 5.41) is 4.61. The van der Waals surface area contributed by atoms with E-state index in [1.807, 2.05) is 7.05 Å². The fourth-order valence-corrected chi connectivity index (χ4v) is 2.66. The molecule has 102 valence electrons. The smallest absolute Gasteiger partial charge is 0.0726 e. The molecular formula is C17H24N2. The van der Waals surface area contributed by atoms with Crippen LogP contribution in [0.25, 0.3) is 10.9 Å². The Balaban J connectivity index is 2.57. The number of anilines is 1. The molecular weight excluding hydrogens is 232 g/mol. The van der Waals surface area contributed by atoms with Crippen LogP contribution < -0.4 is 5.32 Å². The molecule has 2 rings (SSSR count). The minimum absolute atomic E-state index is 0.980. The summed E-state index contributed by atoms with van der Waals surface area (Å²) < 4.78 is 0. The molecule has 0 saturated heterocycles. The van der Waals surface area contributed by atoms with Crippen molar-refractivity contribution < 1.29 is 0 Å². The molecule has 0 aliphatic rings. The molecule has 0 bridgehead atoms.